The monoisotopic (exact) mass is 313 g/mol. The molecule has 0 aliphatic carbocycles. The second-order valence-corrected chi connectivity index (χ2v) is 4.85. The van der Waals surface area contributed by atoms with E-state index in [2.05, 4.69) is 15.9 Å². The maximum absolute atomic E-state index is 13.4. The molecule has 5 heteroatoms. The van der Waals surface area contributed by atoms with Gasteiger partial charge in [-0.15, -0.1) is 0 Å². The van der Waals surface area contributed by atoms with Gasteiger partial charge in [-0.25, -0.2) is 4.39 Å². The van der Waals surface area contributed by atoms with Crippen LogP contribution in [0.1, 0.15) is 19.4 Å². The zero-order chi connectivity index (χ0) is 13.8. The highest BCUT2D eigenvalue weighted by Gasteiger charge is 2.36. The maximum Gasteiger partial charge on any atom is 0.326 e. The second-order valence-electron chi connectivity index (χ2n) is 4.05. The summed E-state index contributed by atoms with van der Waals surface area (Å²) in [5.74, 6) is -1.01. The van der Waals surface area contributed by atoms with E-state index in [0.29, 0.717) is 5.56 Å². The molecule has 0 heterocycles. The summed E-state index contributed by atoms with van der Waals surface area (Å²) in [6, 6.07) is 6.46. The largest absolute Gasteiger partial charge is 0.465 e. The van der Waals surface area contributed by atoms with Gasteiger partial charge in [0.2, 0.25) is 0 Å². The van der Waals surface area contributed by atoms with Crippen LogP contribution in [-0.2, 0) is 16.0 Å². The van der Waals surface area contributed by atoms with Crippen molar-refractivity contribution in [1.82, 2.24) is 0 Å². The van der Waals surface area contributed by atoms with Crippen molar-refractivity contribution in [1.29, 1.82) is 5.26 Å². The lowest BCUT2D eigenvalue weighted by Gasteiger charge is -2.20. The molecule has 96 valence electrons. The Kier molecular flexibility index (Phi) is 4.85. The highest BCUT2D eigenvalue weighted by molar-refractivity contribution is 9.10. The zero-order valence-corrected chi connectivity index (χ0v) is 11.8. The highest BCUT2D eigenvalue weighted by Crippen LogP contribution is 2.29. The molecule has 1 aromatic rings. The maximum atomic E-state index is 13.4. The quantitative estimate of drug-likeness (QED) is 0.802. The van der Waals surface area contributed by atoms with E-state index in [1.165, 1.54) is 13.0 Å². The van der Waals surface area contributed by atoms with Crippen molar-refractivity contribution < 1.29 is 13.9 Å². The van der Waals surface area contributed by atoms with Crippen LogP contribution in [0.3, 0.4) is 0 Å². The van der Waals surface area contributed by atoms with Crippen molar-refractivity contribution in [3.8, 4) is 6.07 Å². The molecule has 1 atom stereocenters. The number of nitrogens with zero attached hydrogens (tertiary/aromatic N) is 1. The van der Waals surface area contributed by atoms with Crippen LogP contribution in [0.4, 0.5) is 4.39 Å². The molecule has 0 bridgehead atoms. The van der Waals surface area contributed by atoms with Gasteiger partial charge in [-0.3, -0.25) is 4.79 Å². The lowest BCUT2D eigenvalue weighted by molar-refractivity contribution is -0.151. The van der Waals surface area contributed by atoms with Crippen molar-refractivity contribution in [2.24, 2.45) is 5.41 Å². The van der Waals surface area contributed by atoms with Gasteiger partial charge in [-0.2, -0.15) is 5.26 Å². The summed E-state index contributed by atoms with van der Waals surface area (Å²) in [7, 11) is 0. The molecule has 0 fully saturated rings. The van der Waals surface area contributed by atoms with Crippen LogP contribution in [0.5, 0.6) is 0 Å². The number of carbonyl (C=O) groups excluding carboxylic acids is 1. The van der Waals surface area contributed by atoms with Crippen LogP contribution in [0.2, 0.25) is 0 Å². The molecule has 0 aromatic heterocycles. The van der Waals surface area contributed by atoms with Gasteiger partial charge >= 0.3 is 5.97 Å². The fourth-order valence-corrected chi connectivity index (χ4v) is 1.92. The van der Waals surface area contributed by atoms with E-state index in [1.54, 1.807) is 19.1 Å². The summed E-state index contributed by atoms with van der Waals surface area (Å²) in [6.07, 6.45) is 0.0979. The lowest BCUT2D eigenvalue weighted by atomic mass is 9.85. The van der Waals surface area contributed by atoms with Gasteiger partial charge in [-0.1, -0.05) is 12.1 Å². The Morgan fingerprint density at radius 1 is 1.61 bits per heavy atom. The fourth-order valence-electron chi connectivity index (χ4n) is 1.51. The van der Waals surface area contributed by atoms with Crippen molar-refractivity contribution in [2.75, 3.05) is 6.61 Å². The molecule has 18 heavy (non-hydrogen) atoms. The molecular weight excluding hydrogens is 301 g/mol. The van der Waals surface area contributed by atoms with Crippen LogP contribution in [-0.4, -0.2) is 12.6 Å². The van der Waals surface area contributed by atoms with Gasteiger partial charge < -0.3 is 4.74 Å². The number of benzene rings is 1. The Bertz CT molecular complexity index is 498. The number of carbonyl (C=O) groups is 1. The molecule has 0 amide bonds. The first-order chi connectivity index (χ1) is 8.44. The Balaban J connectivity index is 3.03. The third-order valence-electron chi connectivity index (χ3n) is 2.55. The number of hydrogen-bond acceptors (Lipinski definition) is 3. The van der Waals surface area contributed by atoms with Gasteiger partial charge in [0, 0.05) is 6.42 Å². The van der Waals surface area contributed by atoms with Crippen molar-refractivity contribution in [3.63, 3.8) is 0 Å². The predicted octanol–water partition coefficient (Wildman–Crippen LogP) is 3.22. The van der Waals surface area contributed by atoms with E-state index in [1.807, 2.05) is 6.07 Å². The van der Waals surface area contributed by atoms with Crippen LogP contribution < -0.4 is 0 Å². The number of halogens is 2. The van der Waals surface area contributed by atoms with Crippen LogP contribution in [0, 0.1) is 22.6 Å². The first-order valence-corrected chi connectivity index (χ1v) is 6.25. The Morgan fingerprint density at radius 3 is 2.83 bits per heavy atom. The number of esters is 1. The molecule has 1 rings (SSSR count). The van der Waals surface area contributed by atoms with Crippen molar-refractivity contribution in [2.45, 2.75) is 20.3 Å². The first kappa shape index (κ1) is 14.7. The standard InChI is InChI=1S/C13H13BrFNO2/c1-3-18-12(17)13(2,8-16)7-9-5-4-6-10(15)11(9)14/h4-6H,3,7H2,1-2H3. The van der Waals surface area contributed by atoms with Gasteiger partial charge in [0.15, 0.2) is 5.41 Å². The summed E-state index contributed by atoms with van der Waals surface area (Å²) in [5, 5.41) is 9.14. The summed E-state index contributed by atoms with van der Waals surface area (Å²) >= 11 is 3.11. The molecule has 0 aliphatic heterocycles. The van der Waals surface area contributed by atoms with Crippen LogP contribution in [0.15, 0.2) is 22.7 Å². The molecule has 0 saturated carbocycles. The number of ether oxygens (including phenoxy) is 1. The number of hydrogen-bond donors (Lipinski definition) is 0. The number of nitriles is 1. The molecule has 1 unspecified atom stereocenters. The normalized spacial score (nSPS) is 13.5. The van der Waals surface area contributed by atoms with Gasteiger partial charge in [0.1, 0.15) is 5.82 Å². The number of rotatable bonds is 4. The molecular formula is C13H13BrFNO2. The van der Waals surface area contributed by atoms with Crippen LogP contribution >= 0.6 is 15.9 Å². The fraction of sp³-hybridized carbons (Fsp3) is 0.385. The smallest absolute Gasteiger partial charge is 0.326 e. The average molecular weight is 314 g/mol. The summed E-state index contributed by atoms with van der Waals surface area (Å²) in [4.78, 5) is 11.7. The highest BCUT2D eigenvalue weighted by atomic mass is 79.9. The Hall–Kier alpha value is -1.41. The van der Waals surface area contributed by atoms with Crippen LogP contribution in [0.25, 0.3) is 0 Å². The van der Waals surface area contributed by atoms with E-state index in [9.17, 15) is 9.18 Å². The second kappa shape index (κ2) is 5.96. The molecule has 3 nitrogen and oxygen atoms in total. The minimum Gasteiger partial charge on any atom is -0.465 e. The molecule has 0 aliphatic rings. The molecule has 0 radical (unpaired) electrons. The minimum atomic E-state index is -1.31. The summed E-state index contributed by atoms with van der Waals surface area (Å²) in [5.41, 5.74) is -0.751. The minimum absolute atomic E-state index is 0.0979. The van der Waals surface area contributed by atoms with Gasteiger partial charge in [0.05, 0.1) is 17.1 Å². The van der Waals surface area contributed by atoms with E-state index in [0.717, 1.165) is 0 Å². The molecule has 0 N–H and O–H groups in total. The molecule has 0 spiro atoms. The van der Waals surface area contributed by atoms with E-state index >= 15 is 0 Å². The predicted molar refractivity (Wildman–Crippen MR) is 68.2 cm³/mol. The average Bonchev–Trinajstić information content (AvgIpc) is 2.35. The third-order valence-corrected chi connectivity index (χ3v) is 3.44. The SMILES string of the molecule is CCOC(=O)C(C)(C#N)Cc1cccc(F)c1Br. The van der Waals surface area contributed by atoms with E-state index < -0.39 is 17.2 Å². The Morgan fingerprint density at radius 2 is 2.28 bits per heavy atom. The molecule has 0 saturated heterocycles. The van der Waals surface area contributed by atoms with Gasteiger partial charge in [0.25, 0.3) is 0 Å². The van der Waals surface area contributed by atoms with Crippen molar-refractivity contribution >= 4 is 21.9 Å². The Labute approximate surface area is 114 Å². The lowest BCUT2D eigenvalue weighted by Crippen LogP contribution is -2.30. The summed E-state index contributed by atoms with van der Waals surface area (Å²) in [6.45, 7) is 3.37. The third kappa shape index (κ3) is 3.08. The van der Waals surface area contributed by atoms with Gasteiger partial charge in [-0.05, 0) is 41.4 Å². The first-order valence-electron chi connectivity index (χ1n) is 5.46. The zero-order valence-electron chi connectivity index (χ0n) is 10.2. The van der Waals surface area contributed by atoms with Crippen molar-refractivity contribution in [3.05, 3.63) is 34.1 Å². The van der Waals surface area contributed by atoms with E-state index in [4.69, 9.17) is 10.00 Å². The molecule has 1 aromatic carbocycles. The topological polar surface area (TPSA) is 50.1 Å². The van der Waals surface area contributed by atoms with E-state index in [-0.39, 0.29) is 17.5 Å². The summed E-state index contributed by atoms with van der Waals surface area (Å²) < 4.78 is 18.5.